The first-order valence-electron chi connectivity index (χ1n) is 8.52. The first-order chi connectivity index (χ1) is 9.99. The van der Waals surface area contributed by atoms with Gasteiger partial charge in [-0.1, -0.05) is 6.92 Å². The van der Waals surface area contributed by atoms with Crippen LogP contribution in [-0.2, 0) is 0 Å². The van der Waals surface area contributed by atoms with Crippen LogP contribution in [0.3, 0.4) is 0 Å². The minimum atomic E-state index is -0.348. The van der Waals surface area contributed by atoms with Gasteiger partial charge in [0.1, 0.15) is 5.54 Å². The topological polar surface area (TPSA) is 42.3 Å². The van der Waals surface area contributed by atoms with E-state index < -0.39 is 0 Å². The minimum absolute atomic E-state index is 0.348. The molecule has 1 heterocycles. The molecule has 4 heteroatoms. The summed E-state index contributed by atoms with van der Waals surface area (Å²) in [5, 5.41) is 12.7. The molecule has 0 amide bonds. The third-order valence-corrected chi connectivity index (χ3v) is 4.49. The van der Waals surface area contributed by atoms with Crippen LogP contribution in [0, 0.1) is 17.2 Å². The average molecular weight is 294 g/mol. The van der Waals surface area contributed by atoms with Crippen molar-refractivity contribution in [3.8, 4) is 6.07 Å². The lowest BCUT2D eigenvalue weighted by atomic mass is 9.94. The summed E-state index contributed by atoms with van der Waals surface area (Å²) in [6, 6.07) is 2.44. The van der Waals surface area contributed by atoms with Crippen molar-refractivity contribution in [3.63, 3.8) is 0 Å². The van der Waals surface area contributed by atoms with E-state index in [0.29, 0.717) is 0 Å². The molecular weight excluding hydrogens is 260 g/mol. The summed E-state index contributed by atoms with van der Waals surface area (Å²) in [5.41, 5.74) is -0.348. The van der Waals surface area contributed by atoms with Crippen molar-refractivity contribution in [2.24, 2.45) is 5.92 Å². The maximum atomic E-state index is 9.34. The van der Waals surface area contributed by atoms with E-state index in [9.17, 15) is 5.26 Å². The Kier molecular flexibility index (Phi) is 8.24. The molecule has 0 aromatic heterocycles. The summed E-state index contributed by atoms with van der Waals surface area (Å²) in [6.45, 7) is 9.92. The standard InChI is InChI=1S/C17H34N4/c1-5-10-19-17(2,15-18)9-6-11-21-12-7-16(8-13-21)14-20(3)4/h16,19H,5-14H2,1-4H3. The van der Waals surface area contributed by atoms with Gasteiger partial charge in [-0.25, -0.2) is 0 Å². The molecule has 4 nitrogen and oxygen atoms in total. The molecule has 0 spiro atoms. The Morgan fingerprint density at radius 2 is 2.00 bits per heavy atom. The predicted octanol–water partition coefficient (Wildman–Crippen LogP) is 2.32. The van der Waals surface area contributed by atoms with Crippen molar-refractivity contribution < 1.29 is 0 Å². The van der Waals surface area contributed by atoms with E-state index in [1.165, 1.54) is 32.5 Å². The molecule has 0 aliphatic carbocycles. The zero-order chi connectivity index (χ0) is 15.7. The minimum Gasteiger partial charge on any atom is -0.309 e. The van der Waals surface area contributed by atoms with Gasteiger partial charge >= 0.3 is 0 Å². The van der Waals surface area contributed by atoms with Gasteiger partial charge in [0.25, 0.3) is 0 Å². The van der Waals surface area contributed by atoms with E-state index in [4.69, 9.17) is 0 Å². The van der Waals surface area contributed by atoms with Crippen LogP contribution >= 0.6 is 0 Å². The second-order valence-corrected chi connectivity index (χ2v) is 7.02. The lowest BCUT2D eigenvalue weighted by Gasteiger charge is -2.33. The fourth-order valence-corrected chi connectivity index (χ4v) is 3.15. The van der Waals surface area contributed by atoms with Gasteiger partial charge in [-0.3, -0.25) is 5.32 Å². The summed E-state index contributed by atoms with van der Waals surface area (Å²) in [5.74, 6) is 0.867. The molecule has 1 atom stereocenters. The van der Waals surface area contributed by atoms with Gasteiger partial charge in [-0.15, -0.1) is 0 Å². The van der Waals surface area contributed by atoms with Gasteiger partial charge in [0.05, 0.1) is 6.07 Å². The molecule has 1 aliphatic rings. The second-order valence-electron chi connectivity index (χ2n) is 7.02. The number of piperidine rings is 1. The van der Waals surface area contributed by atoms with E-state index in [1.807, 2.05) is 6.92 Å². The normalized spacial score (nSPS) is 20.4. The number of nitrogens with zero attached hydrogens (tertiary/aromatic N) is 3. The summed E-state index contributed by atoms with van der Waals surface area (Å²) >= 11 is 0. The van der Waals surface area contributed by atoms with Gasteiger partial charge < -0.3 is 9.80 Å². The summed E-state index contributed by atoms with van der Waals surface area (Å²) in [7, 11) is 4.33. The Balaban J connectivity index is 2.20. The first kappa shape index (κ1) is 18.4. The number of likely N-dealkylation sites (tertiary alicyclic amines) is 1. The van der Waals surface area contributed by atoms with E-state index in [1.54, 1.807) is 0 Å². The van der Waals surface area contributed by atoms with Gasteiger partial charge in [0.15, 0.2) is 0 Å². The van der Waals surface area contributed by atoms with Gasteiger partial charge in [-0.2, -0.15) is 5.26 Å². The maximum Gasteiger partial charge on any atom is 0.103 e. The third-order valence-electron chi connectivity index (χ3n) is 4.49. The van der Waals surface area contributed by atoms with Gasteiger partial charge in [0.2, 0.25) is 0 Å². The molecular formula is C17H34N4. The molecule has 1 aliphatic heterocycles. The molecule has 122 valence electrons. The monoisotopic (exact) mass is 294 g/mol. The predicted molar refractivity (Wildman–Crippen MR) is 89.3 cm³/mol. The number of hydrogen-bond donors (Lipinski definition) is 1. The van der Waals surface area contributed by atoms with E-state index in [0.717, 1.165) is 38.3 Å². The van der Waals surface area contributed by atoms with Crippen molar-refractivity contribution in [1.29, 1.82) is 5.26 Å². The lowest BCUT2D eigenvalue weighted by molar-refractivity contribution is 0.158. The number of nitriles is 1. The fraction of sp³-hybridized carbons (Fsp3) is 0.941. The van der Waals surface area contributed by atoms with Crippen LogP contribution in [0.5, 0.6) is 0 Å². The smallest absolute Gasteiger partial charge is 0.103 e. The lowest BCUT2D eigenvalue weighted by Crippen LogP contribution is -2.42. The summed E-state index contributed by atoms with van der Waals surface area (Å²) < 4.78 is 0. The summed E-state index contributed by atoms with van der Waals surface area (Å²) in [4.78, 5) is 4.88. The highest BCUT2D eigenvalue weighted by atomic mass is 15.1. The zero-order valence-corrected chi connectivity index (χ0v) is 14.5. The van der Waals surface area contributed by atoms with Crippen LogP contribution in [-0.4, -0.2) is 62.2 Å². The first-order valence-corrected chi connectivity index (χ1v) is 8.52. The van der Waals surface area contributed by atoms with Crippen LogP contribution in [0.2, 0.25) is 0 Å². The molecule has 1 rings (SSSR count). The molecule has 1 N–H and O–H groups in total. The van der Waals surface area contributed by atoms with E-state index in [-0.39, 0.29) is 5.54 Å². The molecule has 21 heavy (non-hydrogen) atoms. The Morgan fingerprint density at radius 1 is 1.33 bits per heavy atom. The zero-order valence-electron chi connectivity index (χ0n) is 14.5. The molecule has 0 bridgehead atoms. The van der Waals surface area contributed by atoms with Gasteiger partial charge in [0, 0.05) is 6.54 Å². The SMILES string of the molecule is CCCNC(C)(C#N)CCCN1CCC(CN(C)C)CC1. The van der Waals surface area contributed by atoms with Crippen LogP contribution in [0.1, 0.15) is 46.0 Å². The van der Waals surface area contributed by atoms with Crippen molar-refractivity contribution in [2.75, 3.05) is 46.8 Å². The molecule has 1 saturated heterocycles. The Labute approximate surface area is 131 Å². The summed E-state index contributed by atoms with van der Waals surface area (Å²) in [6.07, 6.45) is 5.78. The van der Waals surface area contributed by atoms with Crippen LogP contribution < -0.4 is 5.32 Å². The Bertz CT molecular complexity index is 315. The van der Waals surface area contributed by atoms with Crippen LogP contribution in [0.15, 0.2) is 0 Å². The van der Waals surface area contributed by atoms with Crippen molar-refractivity contribution in [1.82, 2.24) is 15.1 Å². The number of hydrogen-bond acceptors (Lipinski definition) is 4. The van der Waals surface area contributed by atoms with Crippen LogP contribution in [0.25, 0.3) is 0 Å². The highest BCUT2D eigenvalue weighted by molar-refractivity contribution is 5.03. The Morgan fingerprint density at radius 3 is 2.52 bits per heavy atom. The molecule has 0 radical (unpaired) electrons. The number of rotatable bonds is 9. The molecule has 1 unspecified atom stereocenters. The van der Waals surface area contributed by atoms with Crippen LogP contribution in [0.4, 0.5) is 0 Å². The Hall–Kier alpha value is -0.630. The molecule has 0 saturated carbocycles. The van der Waals surface area contributed by atoms with E-state index in [2.05, 4.69) is 42.2 Å². The highest BCUT2D eigenvalue weighted by Crippen LogP contribution is 2.19. The molecule has 0 aromatic carbocycles. The third kappa shape index (κ3) is 7.26. The highest BCUT2D eigenvalue weighted by Gasteiger charge is 2.23. The maximum absolute atomic E-state index is 9.34. The average Bonchev–Trinajstić information content (AvgIpc) is 2.46. The number of nitrogens with one attached hydrogen (secondary N) is 1. The fourth-order valence-electron chi connectivity index (χ4n) is 3.15. The second kappa shape index (κ2) is 9.40. The molecule has 1 fully saturated rings. The van der Waals surface area contributed by atoms with Crippen molar-refractivity contribution in [3.05, 3.63) is 0 Å². The largest absolute Gasteiger partial charge is 0.309 e. The van der Waals surface area contributed by atoms with E-state index >= 15 is 0 Å². The quantitative estimate of drug-likeness (QED) is 0.709. The van der Waals surface area contributed by atoms with Crippen molar-refractivity contribution in [2.45, 2.75) is 51.5 Å². The van der Waals surface area contributed by atoms with Crippen molar-refractivity contribution >= 4 is 0 Å². The molecule has 0 aromatic rings. The van der Waals surface area contributed by atoms with Gasteiger partial charge in [-0.05, 0) is 85.2 Å².